The Bertz CT molecular complexity index is 700. The van der Waals surface area contributed by atoms with E-state index in [1.165, 1.54) is 17.0 Å². The first-order valence-electron chi connectivity index (χ1n) is 7.48. The number of benzene rings is 2. The lowest BCUT2D eigenvalue weighted by molar-refractivity contribution is -0.863. The maximum atomic E-state index is 12.9. The van der Waals surface area contributed by atoms with Crippen LogP contribution in [0.3, 0.4) is 0 Å². The van der Waals surface area contributed by atoms with Crippen LogP contribution < -0.4 is 9.64 Å². The Morgan fingerprint density at radius 2 is 2.00 bits per heavy atom. The molecule has 118 valence electrons. The number of likely N-dealkylation sites (N-methyl/N-ethyl adjacent to an activating group) is 1. The Kier molecular flexibility index (Phi) is 5.96. The van der Waals surface area contributed by atoms with Crippen molar-refractivity contribution in [1.29, 1.82) is 0 Å². The number of quaternary nitrogens is 1. The lowest BCUT2D eigenvalue weighted by atomic mass is 10.0. The molecule has 0 aliphatic heterocycles. The number of hydrogen-bond acceptors (Lipinski definition) is 1. The highest BCUT2D eigenvalue weighted by molar-refractivity contribution is 5.64. The van der Waals surface area contributed by atoms with Crippen molar-refractivity contribution in [2.75, 3.05) is 20.1 Å². The van der Waals surface area contributed by atoms with E-state index in [1.807, 2.05) is 25.2 Å². The SMILES string of the molecule is C#CC[NH+](C)CC(=C)c1cccc(COc2ccc(F)cc2)c1. The zero-order valence-corrected chi connectivity index (χ0v) is 13.3. The van der Waals surface area contributed by atoms with E-state index in [0.29, 0.717) is 18.9 Å². The maximum absolute atomic E-state index is 12.9. The van der Waals surface area contributed by atoms with Crippen LogP contribution in [0.1, 0.15) is 11.1 Å². The maximum Gasteiger partial charge on any atom is 0.139 e. The van der Waals surface area contributed by atoms with Crippen molar-refractivity contribution in [2.45, 2.75) is 6.61 Å². The van der Waals surface area contributed by atoms with Crippen LogP contribution in [0.4, 0.5) is 4.39 Å². The predicted molar refractivity (Wildman–Crippen MR) is 91.7 cm³/mol. The van der Waals surface area contributed by atoms with E-state index >= 15 is 0 Å². The molecule has 2 aromatic rings. The summed E-state index contributed by atoms with van der Waals surface area (Å²) in [4.78, 5) is 1.23. The highest BCUT2D eigenvalue weighted by Crippen LogP contribution is 2.16. The minimum Gasteiger partial charge on any atom is -0.489 e. The quantitative estimate of drug-likeness (QED) is 0.776. The van der Waals surface area contributed by atoms with Crippen molar-refractivity contribution in [3.8, 4) is 18.1 Å². The Hall–Kier alpha value is -2.57. The van der Waals surface area contributed by atoms with E-state index in [4.69, 9.17) is 11.2 Å². The van der Waals surface area contributed by atoms with Crippen molar-refractivity contribution in [3.05, 3.63) is 72.1 Å². The van der Waals surface area contributed by atoms with Gasteiger partial charge in [-0.3, -0.25) is 0 Å². The van der Waals surface area contributed by atoms with Crippen LogP contribution in [0.2, 0.25) is 0 Å². The second kappa shape index (κ2) is 8.17. The average Bonchev–Trinajstić information content (AvgIpc) is 2.55. The Labute approximate surface area is 137 Å². The summed E-state index contributed by atoms with van der Waals surface area (Å²) in [5, 5.41) is 0. The second-order valence-electron chi connectivity index (χ2n) is 5.56. The molecule has 0 radical (unpaired) electrons. The first kappa shape index (κ1) is 16.8. The van der Waals surface area contributed by atoms with Gasteiger partial charge in [-0.15, -0.1) is 6.42 Å². The van der Waals surface area contributed by atoms with Gasteiger partial charge in [-0.1, -0.05) is 24.8 Å². The Morgan fingerprint density at radius 1 is 1.26 bits per heavy atom. The molecule has 1 atom stereocenters. The molecule has 0 saturated heterocycles. The number of nitrogens with one attached hydrogen (secondary N) is 1. The van der Waals surface area contributed by atoms with E-state index < -0.39 is 0 Å². The molecule has 2 rings (SSSR count). The van der Waals surface area contributed by atoms with Crippen molar-refractivity contribution in [2.24, 2.45) is 0 Å². The molecule has 2 aromatic carbocycles. The molecule has 0 bridgehead atoms. The van der Waals surface area contributed by atoms with E-state index in [2.05, 4.69) is 18.6 Å². The Morgan fingerprint density at radius 3 is 2.70 bits per heavy atom. The lowest BCUT2D eigenvalue weighted by Gasteiger charge is -2.14. The van der Waals surface area contributed by atoms with Gasteiger partial charge in [0.1, 0.15) is 31.3 Å². The summed E-state index contributed by atoms with van der Waals surface area (Å²) >= 11 is 0. The molecule has 0 spiro atoms. The summed E-state index contributed by atoms with van der Waals surface area (Å²) in [5.74, 6) is 3.03. The first-order valence-corrected chi connectivity index (χ1v) is 7.48. The van der Waals surface area contributed by atoms with Crippen molar-refractivity contribution < 1.29 is 14.0 Å². The molecule has 23 heavy (non-hydrogen) atoms. The van der Waals surface area contributed by atoms with Crippen molar-refractivity contribution in [3.63, 3.8) is 0 Å². The van der Waals surface area contributed by atoms with E-state index in [9.17, 15) is 4.39 Å². The molecule has 0 aliphatic rings. The van der Waals surface area contributed by atoms with E-state index in [0.717, 1.165) is 23.2 Å². The van der Waals surface area contributed by atoms with Gasteiger partial charge in [0.15, 0.2) is 0 Å². The number of halogens is 1. The minimum absolute atomic E-state index is 0.269. The second-order valence-corrected chi connectivity index (χ2v) is 5.56. The van der Waals surface area contributed by atoms with Crippen LogP contribution in [-0.4, -0.2) is 20.1 Å². The minimum atomic E-state index is -0.269. The first-order chi connectivity index (χ1) is 11.1. The smallest absolute Gasteiger partial charge is 0.139 e. The van der Waals surface area contributed by atoms with Gasteiger partial charge in [0.25, 0.3) is 0 Å². The molecule has 0 aliphatic carbocycles. The fraction of sp³-hybridized carbons (Fsp3) is 0.200. The van der Waals surface area contributed by atoms with Crippen LogP contribution in [-0.2, 0) is 6.61 Å². The number of rotatable bonds is 7. The molecule has 0 heterocycles. The third-order valence-corrected chi connectivity index (χ3v) is 3.47. The zero-order valence-electron chi connectivity index (χ0n) is 13.3. The van der Waals surface area contributed by atoms with Gasteiger partial charge in [0.05, 0.1) is 7.05 Å². The molecule has 3 heteroatoms. The lowest BCUT2D eigenvalue weighted by Crippen LogP contribution is -3.08. The molecule has 0 saturated carbocycles. The number of ether oxygens (including phenoxy) is 1. The summed E-state index contributed by atoms with van der Waals surface area (Å²) in [7, 11) is 2.05. The number of hydrogen-bond donors (Lipinski definition) is 1. The molecule has 1 N–H and O–H groups in total. The molecule has 0 amide bonds. The summed E-state index contributed by atoms with van der Waals surface area (Å²) in [5.41, 5.74) is 3.17. The number of terminal acetylenes is 1. The molecule has 0 fully saturated rings. The van der Waals surface area contributed by atoms with Gasteiger partial charge >= 0.3 is 0 Å². The highest BCUT2D eigenvalue weighted by atomic mass is 19.1. The van der Waals surface area contributed by atoms with Crippen molar-refractivity contribution >= 4 is 5.57 Å². The van der Waals surface area contributed by atoms with Gasteiger partial charge < -0.3 is 9.64 Å². The van der Waals surface area contributed by atoms with Gasteiger partial charge in [-0.25, -0.2) is 4.39 Å². The average molecular weight is 310 g/mol. The van der Waals surface area contributed by atoms with Crippen LogP contribution in [0.5, 0.6) is 5.75 Å². The fourth-order valence-electron chi connectivity index (χ4n) is 2.28. The third-order valence-electron chi connectivity index (χ3n) is 3.47. The van der Waals surface area contributed by atoms with Gasteiger partial charge in [0.2, 0.25) is 0 Å². The van der Waals surface area contributed by atoms with Crippen LogP contribution >= 0.6 is 0 Å². The molecule has 2 nitrogen and oxygen atoms in total. The molecular weight excluding hydrogens is 289 g/mol. The normalized spacial score (nSPS) is 11.5. The highest BCUT2D eigenvalue weighted by Gasteiger charge is 2.07. The van der Waals surface area contributed by atoms with Gasteiger partial charge in [-0.05, 0) is 47.4 Å². The zero-order chi connectivity index (χ0) is 16.7. The van der Waals surface area contributed by atoms with Gasteiger partial charge in [0, 0.05) is 5.57 Å². The molecule has 1 unspecified atom stereocenters. The molecule has 0 aromatic heterocycles. The van der Waals surface area contributed by atoms with E-state index in [-0.39, 0.29) is 5.82 Å². The van der Waals surface area contributed by atoms with Crippen LogP contribution in [0.25, 0.3) is 5.57 Å². The van der Waals surface area contributed by atoms with E-state index in [1.54, 1.807) is 12.1 Å². The third kappa shape index (κ3) is 5.28. The summed E-state index contributed by atoms with van der Waals surface area (Å²) in [6.07, 6.45) is 5.33. The summed E-state index contributed by atoms with van der Waals surface area (Å²) < 4.78 is 18.5. The largest absolute Gasteiger partial charge is 0.489 e. The molecular formula is C20H21FNO+. The topological polar surface area (TPSA) is 13.7 Å². The standard InChI is InChI=1S/C20H20FNO/c1-4-12-22(3)14-16(2)18-7-5-6-17(13-18)15-23-20-10-8-19(21)9-11-20/h1,5-11,13H,2,12,14-15H2,3H3/p+1. The van der Waals surface area contributed by atoms with Crippen LogP contribution in [0.15, 0.2) is 55.1 Å². The Balaban J connectivity index is 1.98. The summed E-state index contributed by atoms with van der Waals surface area (Å²) in [6.45, 7) is 6.05. The predicted octanol–water partition coefficient (Wildman–Crippen LogP) is 2.57. The summed E-state index contributed by atoms with van der Waals surface area (Å²) in [6, 6.07) is 14.1. The van der Waals surface area contributed by atoms with Gasteiger partial charge in [-0.2, -0.15) is 0 Å². The monoisotopic (exact) mass is 310 g/mol. The van der Waals surface area contributed by atoms with Crippen molar-refractivity contribution in [1.82, 2.24) is 0 Å². The fourth-order valence-corrected chi connectivity index (χ4v) is 2.28. The van der Waals surface area contributed by atoms with Crippen LogP contribution in [0, 0.1) is 18.2 Å².